The first-order valence-electron chi connectivity index (χ1n) is 9.36. The monoisotopic (exact) mass is 396 g/mol. The van der Waals surface area contributed by atoms with Crippen molar-refractivity contribution in [2.45, 2.75) is 41.0 Å². The molecule has 0 unspecified atom stereocenters. The van der Waals surface area contributed by atoms with Crippen molar-refractivity contribution in [1.29, 1.82) is 5.26 Å². The first kappa shape index (κ1) is 22.1. The van der Waals surface area contributed by atoms with Crippen LogP contribution in [0.25, 0.3) is 0 Å². The number of nitrogens with zero attached hydrogens (tertiary/aromatic N) is 2. The summed E-state index contributed by atoms with van der Waals surface area (Å²) < 4.78 is 18.5. The number of nitriles is 1. The predicted octanol–water partition coefficient (Wildman–Crippen LogP) is 4.47. The van der Waals surface area contributed by atoms with Crippen LogP contribution in [0.1, 0.15) is 44.6 Å². The summed E-state index contributed by atoms with van der Waals surface area (Å²) in [4.78, 5) is 26.7. The minimum Gasteiger partial charge on any atom is -0.452 e. The number of anilines is 1. The lowest BCUT2D eigenvalue weighted by Crippen LogP contribution is -2.35. The van der Waals surface area contributed by atoms with Gasteiger partial charge in [0.05, 0.1) is 18.1 Å². The molecule has 0 aliphatic heterocycles. The SMILES string of the molecule is Cc1c(C)c(C)c(C(=O)OCC(=O)N(CCC#N)c2ccc(F)cc2)c(C)c1C. The van der Waals surface area contributed by atoms with Gasteiger partial charge in [-0.3, -0.25) is 4.79 Å². The Morgan fingerprint density at radius 1 is 0.966 bits per heavy atom. The van der Waals surface area contributed by atoms with Gasteiger partial charge in [0.25, 0.3) is 5.91 Å². The molecule has 0 heterocycles. The van der Waals surface area contributed by atoms with Gasteiger partial charge in [0.1, 0.15) is 5.82 Å². The van der Waals surface area contributed by atoms with Crippen molar-refractivity contribution in [2.75, 3.05) is 18.1 Å². The molecule has 0 N–H and O–H groups in total. The van der Waals surface area contributed by atoms with Gasteiger partial charge in [0, 0.05) is 12.2 Å². The molecule has 5 nitrogen and oxygen atoms in total. The maximum Gasteiger partial charge on any atom is 0.339 e. The van der Waals surface area contributed by atoms with E-state index in [0.717, 1.165) is 27.8 Å². The van der Waals surface area contributed by atoms with Crippen LogP contribution in [0.15, 0.2) is 24.3 Å². The highest BCUT2D eigenvalue weighted by Crippen LogP contribution is 2.26. The maximum atomic E-state index is 13.2. The van der Waals surface area contributed by atoms with Gasteiger partial charge >= 0.3 is 5.97 Å². The van der Waals surface area contributed by atoms with E-state index < -0.39 is 24.3 Å². The fourth-order valence-corrected chi connectivity index (χ4v) is 3.26. The summed E-state index contributed by atoms with van der Waals surface area (Å²) in [6.45, 7) is 9.31. The minimum absolute atomic E-state index is 0.103. The molecular weight excluding hydrogens is 371 g/mol. The van der Waals surface area contributed by atoms with Crippen LogP contribution in [0.5, 0.6) is 0 Å². The third kappa shape index (κ3) is 4.80. The Bertz CT molecular complexity index is 946. The van der Waals surface area contributed by atoms with Gasteiger partial charge in [0.2, 0.25) is 0 Å². The molecule has 0 fully saturated rings. The number of esters is 1. The Labute approximate surface area is 170 Å². The molecule has 152 valence electrons. The lowest BCUT2D eigenvalue weighted by Gasteiger charge is -2.22. The van der Waals surface area contributed by atoms with Crippen LogP contribution in [0.3, 0.4) is 0 Å². The molecule has 0 radical (unpaired) electrons. The molecule has 0 atom stereocenters. The lowest BCUT2D eigenvalue weighted by molar-refractivity contribution is -0.121. The predicted molar refractivity (Wildman–Crippen MR) is 109 cm³/mol. The molecule has 2 aromatic rings. The van der Waals surface area contributed by atoms with E-state index in [1.807, 2.05) is 40.7 Å². The van der Waals surface area contributed by atoms with Crippen LogP contribution in [0, 0.1) is 51.8 Å². The smallest absolute Gasteiger partial charge is 0.339 e. The number of hydrogen-bond donors (Lipinski definition) is 0. The van der Waals surface area contributed by atoms with E-state index in [4.69, 9.17) is 10.00 Å². The van der Waals surface area contributed by atoms with E-state index in [0.29, 0.717) is 11.3 Å². The summed E-state index contributed by atoms with van der Waals surface area (Å²) in [7, 11) is 0. The van der Waals surface area contributed by atoms with Crippen molar-refractivity contribution < 1.29 is 18.7 Å². The molecule has 0 saturated heterocycles. The van der Waals surface area contributed by atoms with E-state index in [-0.39, 0.29) is 13.0 Å². The van der Waals surface area contributed by atoms with Crippen LogP contribution in [0.4, 0.5) is 10.1 Å². The molecule has 1 amide bonds. The average Bonchev–Trinajstić information content (AvgIpc) is 2.70. The number of carbonyl (C=O) groups is 2. The zero-order chi connectivity index (χ0) is 21.7. The molecule has 0 bridgehead atoms. The summed E-state index contributed by atoms with van der Waals surface area (Å²) in [6.07, 6.45) is 0.103. The number of amides is 1. The van der Waals surface area contributed by atoms with Crippen molar-refractivity contribution in [1.82, 2.24) is 0 Å². The molecule has 0 saturated carbocycles. The molecule has 0 spiro atoms. The Balaban J connectivity index is 2.21. The Kier molecular flexibility index (Phi) is 7.11. The third-order valence-corrected chi connectivity index (χ3v) is 5.42. The van der Waals surface area contributed by atoms with Crippen molar-refractivity contribution in [3.05, 3.63) is 63.5 Å². The zero-order valence-electron chi connectivity index (χ0n) is 17.4. The maximum absolute atomic E-state index is 13.2. The first-order valence-corrected chi connectivity index (χ1v) is 9.36. The summed E-state index contributed by atoms with van der Waals surface area (Å²) >= 11 is 0. The van der Waals surface area contributed by atoms with Crippen molar-refractivity contribution >= 4 is 17.6 Å². The third-order valence-electron chi connectivity index (χ3n) is 5.42. The molecule has 29 heavy (non-hydrogen) atoms. The number of benzene rings is 2. The van der Waals surface area contributed by atoms with Crippen LogP contribution in [-0.4, -0.2) is 25.0 Å². The van der Waals surface area contributed by atoms with Crippen molar-refractivity contribution in [2.24, 2.45) is 0 Å². The number of carbonyl (C=O) groups excluding carboxylic acids is 2. The fraction of sp³-hybridized carbons (Fsp3) is 0.348. The van der Waals surface area contributed by atoms with Gasteiger partial charge in [-0.15, -0.1) is 0 Å². The summed E-state index contributed by atoms with van der Waals surface area (Å²) in [6, 6.07) is 7.35. The van der Waals surface area contributed by atoms with Gasteiger partial charge in [-0.05, 0) is 86.7 Å². The van der Waals surface area contributed by atoms with Crippen molar-refractivity contribution in [3.8, 4) is 6.07 Å². The second-order valence-corrected chi connectivity index (χ2v) is 7.01. The number of rotatable bonds is 6. The second-order valence-electron chi connectivity index (χ2n) is 7.01. The van der Waals surface area contributed by atoms with Crippen LogP contribution in [-0.2, 0) is 9.53 Å². The average molecular weight is 396 g/mol. The molecule has 2 aromatic carbocycles. The molecular formula is C23H25FN2O3. The molecule has 0 aromatic heterocycles. The second kappa shape index (κ2) is 9.33. The normalized spacial score (nSPS) is 10.4. The van der Waals surface area contributed by atoms with Gasteiger partial charge < -0.3 is 9.64 Å². The Morgan fingerprint density at radius 3 is 2.00 bits per heavy atom. The van der Waals surface area contributed by atoms with Gasteiger partial charge in [0.15, 0.2) is 6.61 Å². The number of ether oxygens (including phenoxy) is 1. The zero-order valence-corrected chi connectivity index (χ0v) is 17.4. The Morgan fingerprint density at radius 2 is 1.48 bits per heavy atom. The van der Waals surface area contributed by atoms with E-state index >= 15 is 0 Å². The van der Waals surface area contributed by atoms with E-state index in [2.05, 4.69) is 0 Å². The number of halogens is 1. The molecule has 2 rings (SSSR count). The van der Waals surface area contributed by atoms with Crippen LogP contribution < -0.4 is 4.90 Å². The summed E-state index contributed by atoms with van der Waals surface area (Å²) in [5.41, 5.74) is 5.76. The largest absolute Gasteiger partial charge is 0.452 e. The number of hydrogen-bond acceptors (Lipinski definition) is 4. The summed E-state index contributed by atoms with van der Waals surface area (Å²) in [5, 5.41) is 8.86. The van der Waals surface area contributed by atoms with E-state index in [1.54, 1.807) is 0 Å². The fourth-order valence-electron chi connectivity index (χ4n) is 3.26. The standard InChI is InChI=1S/C23H25FN2O3/c1-14-15(2)17(4)22(18(5)16(14)3)23(28)29-13-21(27)26(12-6-11-25)20-9-7-19(24)8-10-20/h7-10H,6,12-13H2,1-5H3. The minimum atomic E-state index is -0.557. The van der Waals surface area contributed by atoms with Gasteiger partial charge in [-0.2, -0.15) is 5.26 Å². The molecule has 0 aliphatic rings. The van der Waals surface area contributed by atoms with E-state index in [1.165, 1.54) is 29.2 Å². The van der Waals surface area contributed by atoms with Gasteiger partial charge in [-0.1, -0.05) is 0 Å². The van der Waals surface area contributed by atoms with E-state index in [9.17, 15) is 14.0 Å². The highest BCUT2D eigenvalue weighted by Gasteiger charge is 2.22. The summed E-state index contributed by atoms with van der Waals surface area (Å²) in [5.74, 6) is -1.46. The molecule has 6 heteroatoms. The van der Waals surface area contributed by atoms with Gasteiger partial charge in [-0.25, -0.2) is 9.18 Å². The highest BCUT2D eigenvalue weighted by atomic mass is 19.1. The van der Waals surface area contributed by atoms with Crippen LogP contribution >= 0.6 is 0 Å². The lowest BCUT2D eigenvalue weighted by atomic mass is 9.90. The Hall–Kier alpha value is -3.20. The quantitative estimate of drug-likeness (QED) is 0.676. The topological polar surface area (TPSA) is 70.4 Å². The highest BCUT2D eigenvalue weighted by molar-refractivity contribution is 5.98. The first-order chi connectivity index (χ1) is 13.7. The van der Waals surface area contributed by atoms with Crippen LogP contribution in [0.2, 0.25) is 0 Å². The van der Waals surface area contributed by atoms with Crippen molar-refractivity contribution in [3.63, 3.8) is 0 Å². The molecule has 0 aliphatic carbocycles.